The number of ether oxygens (including phenoxy) is 4. The topological polar surface area (TPSA) is 36.9 Å². The molecule has 0 N–H and O–H groups in total. The minimum atomic E-state index is -0.234. The molecule has 0 aliphatic rings. The highest BCUT2D eigenvalue weighted by atomic mass is 16.7. The molecule has 0 radical (unpaired) electrons. The van der Waals surface area contributed by atoms with E-state index in [0.29, 0.717) is 13.4 Å². The van der Waals surface area contributed by atoms with Gasteiger partial charge in [0, 0.05) is 26.4 Å². The molecular weight excluding hydrogens is 328 g/mol. The average molecular weight is 375 g/mol. The number of hydrogen-bond acceptors (Lipinski definition) is 4. The van der Waals surface area contributed by atoms with Gasteiger partial charge in [0.1, 0.15) is 6.79 Å². The fourth-order valence-electron chi connectivity index (χ4n) is 3.38. The van der Waals surface area contributed by atoms with E-state index in [1.54, 1.807) is 0 Å². The Morgan fingerprint density at radius 1 is 0.731 bits per heavy atom. The van der Waals surface area contributed by atoms with Gasteiger partial charge in [-0.05, 0) is 46.5 Å². The van der Waals surface area contributed by atoms with Crippen molar-refractivity contribution in [3.8, 4) is 0 Å². The van der Waals surface area contributed by atoms with E-state index in [0.717, 1.165) is 45.5 Å². The van der Waals surface area contributed by atoms with Crippen LogP contribution in [-0.2, 0) is 18.9 Å². The molecule has 0 saturated heterocycles. The first kappa shape index (κ1) is 25.8. The van der Waals surface area contributed by atoms with Crippen LogP contribution < -0.4 is 0 Å². The second-order valence-electron chi connectivity index (χ2n) is 7.28. The second-order valence-corrected chi connectivity index (χ2v) is 7.28. The van der Waals surface area contributed by atoms with E-state index in [1.165, 1.54) is 38.5 Å². The molecule has 26 heavy (non-hydrogen) atoms. The van der Waals surface area contributed by atoms with Crippen molar-refractivity contribution < 1.29 is 18.9 Å². The van der Waals surface area contributed by atoms with Crippen molar-refractivity contribution >= 4 is 0 Å². The maximum Gasteiger partial charge on any atom is 0.146 e. The summed E-state index contributed by atoms with van der Waals surface area (Å²) >= 11 is 0. The van der Waals surface area contributed by atoms with Gasteiger partial charge in [-0.1, -0.05) is 52.4 Å². The van der Waals surface area contributed by atoms with Crippen LogP contribution in [0.25, 0.3) is 0 Å². The van der Waals surface area contributed by atoms with Crippen molar-refractivity contribution in [2.24, 2.45) is 0 Å². The molecule has 4 heteroatoms. The zero-order valence-corrected chi connectivity index (χ0v) is 18.3. The maximum absolute atomic E-state index is 6.17. The summed E-state index contributed by atoms with van der Waals surface area (Å²) < 4.78 is 23.2. The Morgan fingerprint density at radius 2 is 1.42 bits per heavy atom. The molecule has 158 valence electrons. The summed E-state index contributed by atoms with van der Waals surface area (Å²) in [6.45, 7) is 14.1. The van der Waals surface area contributed by atoms with Gasteiger partial charge in [0.2, 0.25) is 0 Å². The maximum atomic E-state index is 6.17. The molecule has 0 aliphatic heterocycles. The molecule has 0 aromatic rings. The van der Waals surface area contributed by atoms with Crippen LogP contribution in [0.4, 0.5) is 0 Å². The molecule has 0 fully saturated rings. The first-order chi connectivity index (χ1) is 12.6. The van der Waals surface area contributed by atoms with Gasteiger partial charge in [-0.2, -0.15) is 0 Å². The van der Waals surface area contributed by atoms with Crippen molar-refractivity contribution in [1.29, 1.82) is 0 Å². The lowest BCUT2D eigenvalue weighted by atomic mass is 9.89. The summed E-state index contributed by atoms with van der Waals surface area (Å²) in [5.41, 5.74) is -0.234. The van der Waals surface area contributed by atoms with E-state index in [4.69, 9.17) is 18.9 Å². The van der Waals surface area contributed by atoms with Gasteiger partial charge in [-0.3, -0.25) is 0 Å². The van der Waals surface area contributed by atoms with Crippen LogP contribution in [0.5, 0.6) is 0 Å². The van der Waals surface area contributed by atoms with E-state index < -0.39 is 0 Å². The van der Waals surface area contributed by atoms with Gasteiger partial charge in [0.05, 0.1) is 11.7 Å². The Hall–Kier alpha value is -0.160. The second kappa shape index (κ2) is 18.2. The fourth-order valence-corrected chi connectivity index (χ4v) is 3.38. The molecule has 0 bridgehead atoms. The van der Waals surface area contributed by atoms with Crippen molar-refractivity contribution in [3.05, 3.63) is 0 Å². The number of hydrogen-bond donors (Lipinski definition) is 0. The van der Waals surface area contributed by atoms with Gasteiger partial charge in [0.25, 0.3) is 0 Å². The standard InChI is InChI=1S/C22H46O4/c1-6-10-11-12-13-14-16-21(25-8-3)22(5,26-9-4)17-15-19-24-20-23-18-7-2/h21H,6-20H2,1-5H3. The first-order valence-corrected chi connectivity index (χ1v) is 11.1. The average Bonchev–Trinajstić information content (AvgIpc) is 2.63. The third-order valence-electron chi connectivity index (χ3n) is 4.82. The van der Waals surface area contributed by atoms with Gasteiger partial charge in [-0.15, -0.1) is 0 Å². The summed E-state index contributed by atoms with van der Waals surface area (Å²) in [6.07, 6.45) is 12.1. The van der Waals surface area contributed by atoms with Crippen molar-refractivity contribution in [1.82, 2.24) is 0 Å². The lowest BCUT2D eigenvalue weighted by Gasteiger charge is -2.37. The molecule has 2 unspecified atom stereocenters. The largest absolute Gasteiger partial charge is 0.376 e. The first-order valence-electron chi connectivity index (χ1n) is 11.1. The predicted molar refractivity (Wildman–Crippen MR) is 110 cm³/mol. The van der Waals surface area contributed by atoms with Crippen LogP contribution in [0.15, 0.2) is 0 Å². The number of rotatable bonds is 20. The fraction of sp³-hybridized carbons (Fsp3) is 1.00. The minimum Gasteiger partial charge on any atom is -0.376 e. The van der Waals surface area contributed by atoms with E-state index >= 15 is 0 Å². The quantitative estimate of drug-likeness (QED) is 0.190. The Kier molecular flexibility index (Phi) is 18.1. The van der Waals surface area contributed by atoms with E-state index in [9.17, 15) is 0 Å². The van der Waals surface area contributed by atoms with Crippen LogP contribution in [0.3, 0.4) is 0 Å². The highest BCUT2D eigenvalue weighted by Gasteiger charge is 2.34. The molecule has 4 nitrogen and oxygen atoms in total. The Morgan fingerprint density at radius 3 is 2.08 bits per heavy atom. The normalized spacial score (nSPS) is 15.1. The van der Waals surface area contributed by atoms with Crippen molar-refractivity contribution in [2.45, 2.75) is 111 Å². The predicted octanol–water partition coefficient (Wildman–Crippen LogP) is 6.12. The van der Waals surface area contributed by atoms with E-state index in [2.05, 4.69) is 34.6 Å². The smallest absolute Gasteiger partial charge is 0.146 e. The summed E-state index contributed by atoms with van der Waals surface area (Å²) in [5.74, 6) is 0. The third-order valence-corrected chi connectivity index (χ3v) is 4.82. The molecule has 0 aromatic heterocycles. The van der Waals surface area contributed by atoms with E-state index in [1.807, 2.05) is 0 Å². The van der Waals surface area contributed by atoms with Crippen molar-refractivity contribution in [3.63, 3.8) is 0 Å². The highest BCUT2D eigenvalue weighted by Crippen LogP contribution is 2.29. The van der Waals surface area contributed by atoms with E-state index in [-0.39, 0.29) is 11.7 Å². The summed E-state index contributed by atoms with van der Waals surface area (Å²) in [5, 5.41) is 0. The van der Waals surface area contributed by atoms with Crippen LogP contribution in [0.2, 0.25) is 0 Å². The number of unbranched alkanes of at least 4 members (excludes halogenated alkanes) is 5. The summed E-state index contributed by atoms with van der Waals surface area (Å²) in [6, 6.07) is 0. The van der Waals surface area contributed by atoms with Crippen LogP contribution in [-0.4, -0.2) is 44.9 Å². The molecule has 2 atom stereocenters. The third kappa shape index (κ3) is 13.1. The molecular formula is C22H46O4. The lowest BCUT2D eigenvalue weighted by molar-refractivity contribution is -0.143. The zero-order chi connectivity index (χ0) is 19.5. The Labute approximate surface area is 163 Å². The summed E-state index contributed by atoms with van der Waals surface area (Å²) in [7, 11) is 0. The molecule has 0 amide bonds. The van der Waals surface area contributed by atoms with Gasteiger partial charge < -0.3 is 18.9 Å². The van der Waals surface area contributed by atoms with Crippen LogP contribution in [0.1, 0.15) is 98.8 Å². The monoisotopic (exact) mass is 374 g/mol. The van der Waals surface area contributed by atoms with Crippen LogP contribution >= 0.6 is 0 Å². The zero-order valence-electron chi connectivity index (χ0n) is 18.3. The Bertz CT molecular complexity index is 285. The van der Waals surface area contributed by atoms with Gasteiger partial charge in [0.15, 0.2) is 0 Å². The minimum absolute atomic E-state index is 0.162. The molecule has 0 aliphatic carbocycles. The van der Waals surface area contributed by atoms with Gasteiger partial charge in [-0.25, -0.2) is 0 Å². The summed E-state index contributed by atoms with van der Waals surface area (Å²) in [4.78, 5) is 0. The highest BCUT2D eigenvalue weighted by molar-refractivity contribution is 4.85. The Balaban J connectivity index is 4.29. The molecule has 0 heterocycles. The SMILES string of the molecule is CCCCCCCCC(OCC)C(C)(CCCOCOCCC)OCC. The molecule has 0 spiro atoms. The molecule has 0 rings (SSSR count). The molecule has 0 saturated carbocycles. The molecule has 0 aromatic carbocycles. The van der Waals surface area contributed by atoms with Crippen molar-refractivity contribution in [2.75, 3.05) is 33.2 Å². The van der Waals surface area contributed by atoms with Gasteiger partial charge >= 0.3 is 0 Å². The van der Waals surface area contributed by atoms with Crippen LogP contribution in [0, 0.1) is 0 Å². The lowest BCUT2D eigenvalue weighted by Crippen LogP contribution is -2.44.